The summed E-state index contributed by atoms with van der Waals surface area (Å²) >= 11 is 1.35. The first-order chi connectivity index (χ1) is 15.6. The van der Waals surface area contributed by atoms with Crippen LogP contribution >= 0.6 is 11.8 Å². The number of hydrogen-bond acceptors (Lipinski definition) is 4. The van der Waals surface area contributed by atoms with Crippen LogP contribution in [-0.2, 0) is 9.59 Å². The molecule has 0 radical (unpaired) electrons. The average molecular weight is 446 g/mol. The van der Waals surface area contributed by atoms with Gasteiger partial charge in [0.2, 0.25) is 0 Å². The van der Waals surface area contributed by atoms with Gasteiger partial charge < -0.3 is 4.90 Å². The fourth-order valence-electron chi connectivity index (χ4n) is 4.86. The number of amides is 2. The van der Waals surface area contributed by atoms with Gasteiger partial charge in [-0.2, -0.15) is 0 Å². The summed E-state index contributed by atoms with van der Waals surface area (Å²) in [5.41, 5.74) is 3.05. The average Bonchev–Trinajstić information content (AvgIpc) is 3.27. The molecule has 2 aromatic carbocycles. The maximum Gasteiger partial charge on any atom is 0.267 e. The Morgan fingerprint density at radius 2 is 1.59 bits per heavy atom. The standard InChI is InChI=1S/C26H27N3O2S/c1-17(2)28-21-16-10-9-15-20(21)22(24(28)30)23-25(31)29(19-13-7-4-8-14-19)26(32-23)27-18-11-5-3-6-12-18/h3,5-6,9-12,15-17,19H,4,7-8,13-14H2,1-2H3/b23-22-,27-26?. The molecule has 5 rings (SSSR count). The number of thioether (sulfide) groups is 1. The van der Waals surface area contributed by atoms with Crippen LogP contribution in [0.5, 0.6) is 0 Å². The van der Waals surface area contributed by atoms with Crippen molar-refractivity contribution < 1.29 is 9.59 Å². The number of aliphatic imine (C=N–C) groups is 1. The molecule has 1 aliphatic carbocycles. The van der Waals surface area contributed by atoms with E-state index in [2.05, 4.69) is 0 Å². The lowest BCUT2D eigenvalue weighted by molar-refractivity contribution is -0.124. The molecule has 0 aromatic heterocycles. The van der Waals surface area contributed by atoms with Gasteiger partial charge in [-0.3, -0.25) is 14.5 Å². The largest absolute Gasteiger partial charge is 0.305 e. The van der Waals surface area contributed by atoms with Crippen molar-refractivity contribution in [3.8, 4) is 0 Å². The number of carbonyl (C=O) groups excluding carboxylic acids is 2. The van der Waals surface area contributed by atoms with E-state index in [-0.39, 0.29) is 23.9 Å². The minimum Gasteiger partial charge on any atom is -0.305 e. The highest BCUT2D eigenvalue weighted by Crippen LogP contribution is 2.46. The number of benzene rings is 2. The van der Waals surface area contributed by atoms with E-state index in [0.717, 1.165) is 42.6 Å². The predicted octanol–water partition coefficient (Wildman–Crippen LogP) is 5.75. The Balaban J connectivity index is 1.64. The summed E-state index contributed by atoms with van der Waals surface area (Å²) in [6.07, 6.45) is 5.40. The topological polar surface area (TPSA) is 53.0 Å². The van der Waals surface area contributed by atoms with Crippen molar-refractivity contribution in [1.29, 1.82) is 0 Å². The second-order valence-corrected chi connectivity index (χ2v) is 9.77. The Morgan fingerprint density at radius 1 is 0.906 bits per heavy atom. The summed E-state index contributed by atoms with van der Waals surface area (Å²) in [7, 11) is 0. The molecule has 0 unspecified atom stereocenters. The van der Waals surface area contributed by atoms with Crippen LogP contribution in [0.2, 0.25) is 0 Å². The summed E-state index contributed by atoms with van der Waals surface area (Å²) in [5, 5.41) is 0.684. The molecule has 1 saturated carbocycles. The fraction of sp³-hybridized carbons (Fsp3) is 0.346. The maximum atomic E-state index is 13.8. The van der Waals surface area contributed by atoms with Gasteiger partial charge in [-0.05, 0) is 56.7 Å². The van der Waals surface area contributed by atoms with Crippen LogP contribution < -0.4 is 4.90 Å². The Morgan fingerprint density at radius 3 is 2.31 bits per heavy atom. The maximum absolute atomic E-state index is 13.8. The summed E-state index contributed by atoms with van der Waals surface area (Å²) in [4.78, 5) is 36.4. The van der Waals surface area contributed by atoms with Crippen LogP contribution in [0.25, 0.3) is 5.57 Å². The molecule has 0 bridgehead atoms. The van der Waals surface area contributed by atoms with E-state index >= 15 is 0 Å². The first kappa shape index (κ1) is 21.0. The molecule has 164 valence electrons. The van der Waals surface area contributed by atoms with Crippen molar-refractivity contribution in [3.05, 3.63) is 65.1 Å². The highest BCUT2D eigenvalue weighted by atomic mass is 32.2. The lowest BCUT2D eigenvalue weighted by atomic mass is 9.94. The molecule has 3 aliphatic rings. The van der Waals surface area contributed by atoms with Crippen LogP contribution in [0.4, 0.5) is 11.4 Å². The van der Waals surface area contributed by atoms with Crippen molar-refractivity contribution >= 4 is 45.7 Å². The van der Waals surface area contributed by atoms with Gasteiger partial charge in [0.25, 0.3) is 11.8 Å². The third-order valence-corrected chi connectivity index (χ3v) is 7.40. The molecule has 0 N–H and O–H groups in total. The first-order valence-corrected chi connectivity index (χ1v) is 12.2. The first-order valence-electron chi connectivity index (χ1n) is 11.4. The van der Waals surface area contributed by atoms with Crippen molar-refractivity contribution in [2.24, 2.45) is 4.99 Å². The van der Waals surface area contributed by atoms with Gasteiger partial charge in [-0.15, -0.1) is 0 Å². The van der Waals surface area contributed by atoms with Gasteiger partial charge in [0, 0.05) is 17.6 Å². The van der Waals surface area contributed by atoms with E-state index in [9.17, 15) is 9.59 Å². The number of nitrogens with zero attached hydrogens (tertiary/aromatic N) is 3. The normalized spacial score (nSPS) is 23.0. The second-order valence-electron chi connectivity index (χ2n) is 8.79. The Bertz CT molecular complexity index is 1120. The molecule has 2 fully saturated rings. The molecule has 32 heavy (non-hydrogen) atoms. The molecule has 5 nitrogen and oxygen atoms in total. The zero-order valence-electron chi connectivity index (χ0n) is 18.5. The number of rotatable bonds is 3. The van der Waals surface area contributed by atoms with E-state index in [1.54, 1.807) is 4.90 Å². The lowest BCUT2D eigenvalue weighted by Crippen LogP contribution is -2.40. The summed E-state index contributed by atoms with van der Waals surface area (Å²) < 4.78 is 0. The summed E-state index contributed by atoms with van der Waals surface area (Å²) in [6, 6.07) is 17.7. The van der Waals surface area contributed by atoms with Crippen LogP contribution in [0.15, 0.2) is 64.5 Å². The number of amidine groups is 1. The minimum absolute atomic E-state index is 0.00941. The van der Waals surface area contributed by atoms with Crippen LogP contribution in [0, 0.1) is 0 Å². The van der Waals surface area contributed by atoms with E-state index in [1.807, 2.05) is 73.3 Å². The van der Waals surface area contributed by atoms with Gasteiger partial charge in [0.1, 0.15) is 0 Å². The third kappa shape index (κ3) is 3.56. The smallest absolute Gasteiger partial charge is 0.267 e. The van der Waals surface area contributed by atoms with Gasteiger partial charge in [-0.25, -0.2) is 4.99 Å². The quantitative estimate of drug-likeness (QED) is 0.566. The monoisotopic (exact) mass is 445 g/mol. The Labute approximate surface area is 193 Å². The number of hydrogen-bond donors (Lipinski definition) is 0. The van der Waals surface area contributed by atoms with Crippen molar-refractivity contribution in [1.82, 2.24) is 4.90 Å². The molecule has 6 heteroatoms. The number of anilines is 1. The highest BCUT2D eigenvalue weighted by Gasteiger charge is 2.45. The minimum atomic E-state index is -0.0957. The van der Waals surface area contributed by atoms with Crippen LogP contribution in [0.3, 0.4) is 0 Å². The molecule has 1 saturated heterocycles. The SMILES string of the molecule is CC(C)N1C(=O)/C(=C2\SC(=Nc3ccccc3)N(C3CCCCC3)C2=O)c2ccccc21. The number of fused-ring (bicyclic) bond motifs is 1. The number of carbonyl (C=O) groups is 2. The molecule has 2 aliphatic heterocycles. The molecule has 0 atom stereocenters. The van der Waals surface area contributed by atoms with E-state index in [4.69, 9.17) is 4.99 Å². The lowest BCUT2D eigenvalue weighted by Gasteiger charge is -2.30. The zero-order chi connectivity index (χ0) is 22.2. The molecular formula is C26H27N3O2S. The van der Waals surface area contributed by atoms with Crippen molar-refractivity contribution in [2.75, 3.05) is 4.90 Å². The molecular weight excluding hydrogens is 418 g/mol. The molecule has 2 amide bonds. The molecule has 2 heterocycles. The van der Waals surface area contributed by atoms with E-state index in [0.29, 0.717) is 15.6 Å². The van der Waals surface area contributed by atoms with Crippen molar-refractivity contribution in [2.45, 2.75) is 58.0 Å². The fourth-order valence-corrected chi connectivity index (χ4v) is 6.01. The highest BCUT2D eigenvalue weighted by molar-refractivity contribution is 8.18. The van der Waals surface area contributed by atoms with Gasteiger partial charge in [-0.1, -0.05) is 55.7 Å². The molecule has 0 spiro atoms. The summed E-state index contributed by atoms with van der Waals surface area (Å²) in [5.74, 6) is -0.179. The van der Waals surface area contributed by atoms with Gasteiger partial charge in [0.15, 0.2) is 5.17 Å². The zero-order valence-corrected chi connectivity index (χ0v) is 19.3. The van der Waals surface area contributed by atoms with Crippen LogP contribution in [0.1, 0.15) is 51.5 Å². The van der Waals surface area contributed by atoms with Gasteiger partial charge >= 0.3 is 0 Å². The predicted molar refractivity (Wildman–Crippen MR) is 131 cm³/mol. The third-order valence-electron chi connectivity index (χ3n) is 6.34. The van der Waals surface area contributed by atoms with E-state index < -0.39 is 0 Å². The summed E-state index contributed by atoms with van der Waals surface area (Å²) in [6.45, 7) is 4.01. The Hall–Kier alpha value is -2.86. The van der Waals surface area contributed by atoms with Crippen LogP contribution in [-0.4, -0.2) is 34.0 Å². The van der Waals surface area contributed by atoms with Crippen molar-refractivity contribution in [3.63, 3.8) is 0 Å². The van der Waals surface area contributed by atoms with Gasteiger partial charge in [0.05, 0.1) is 21.9 Å². The second kappa shape index (κ2) is 8.58. The Kier molecular flexibility index (Phi) is 5.64. The van der Waals surface area contributed by atoms with E-state index in [1.165, 1.54) is 18.2 Å². The number of para-hydroxylation sites is 2. The molecule has 2 aromatic rings.